The minimum absolute atomic E-state index is 0.0265. The summed E-state index contributed by atoms with van der Waals surface area (Å²) in [6, 6.07) is 22.9. The van der Waals surface area contributed by atoms with Crippen molar-refractivity contribution in [2.24, 2.45) is 0 Å². The molecule has 1 aliphatic heterocycles. The smallest absolute Gasteiger partial charge is 0.268 e. The number of benzene rings is 3. The number of carbonyl (C=O) groups is 1. The monoisotopic (exact) mass is 554 g/mol. The van der Waals surface area contributed by atoms with Crippen molar-refractivity contribution in [3.63, 3.8) is 0 Å². The molecular weight excluding hydrogens is 520 g/mol. The van der Waals surface area contributed by atoms with Crippen LogP contribution in [0.3, 0.4) is 0 Å². The van der Waals surface area contributed by atoms with Gasteiger partial charge in [0.15, 0.2) is 0 Å². The van der Waals surface area contributed by atoms with Crippen LogP contribution in [-0.4, -0.2) is 30.8 Å². The lowest BCUT2D eigenvalue weighted by molar-refractivity contribution is 0.0980. The van der Waals surface area contributed by atoms with Crippen LogP contribution in [-0.2, 0) is 34.8 Å². The zero-order valence-corrected chi connectivity index (χ0v) is 24.1. The molecule has 7 nitrogen and oxygen atoms in total. The van der Waals surface area contributed by atoms with Gasteiger partial charge in [0, 0.05) is 25.7 Å². The number of rotatable bonds is 6. The first-order valence-corrected chi connectivity index (χ1v) is 14.9. The highest BCUT2D eigenvalue weighted by Gasteiger charge is 2.25. The molecule has 0 spiro atoms. The van der Waals surface area contributed by atoms with Gasteiger partial charge >= 0.3 is 0 Å². The summed E-state index contributed by atoms with van der Waals surface area (Å²) in [5.41, 5.74) is 6.10. The molecule has 0 saturated carbocycles. The summed E-state index contributed by atoms with van der Waals surface area (Å²) in [6.45, 7) is 9.60. The molecule has 0 unspecified atom stereocenters. The van der Waals surface area contributed by atoms with Gasteiger partial charge in [-0.2, -0.15) is 0 Å². The molecule has 0 fully saturated rings. The van der Waals surface area contributed by atoms with Crippen LogP contribution in [0.5, 0.6) is 0 Å². The van der Waals surface area contributed by atoms with E-state index >= 15 is 0 Å². The largest absolute Gasteiger partial charge is 0.336 e. The molecule has 1 aromatic heterocycles. The number of nitrogens with zero attached hydrogens (tertiary/aromatic N) is 3. The fourth-order valence-electron chi connectivity index (χ4n) is 4.94. The van der Waals surface area contributed by atoms with E-state index in [1.54, 1.807) is 12.1 Å². The van der Waals surface area contributed by atoms with Gasteiger partial charge in [0.2, 0.25) is 5.95 Å². The molecular formula is C32H34N4O3S. The van der Waals surface area contributed by atoms with Crippen molar-refractivity contribution in [2.75, 3.05) is 11.4 Å². The molecule has 0 radical (unpaired) electrons. The average molecular weight is 555 g/mol. The van der Waals surface area contributed by atoms with Crippen molar-refractivity contribution in [1.82, 2.24) is 14.7 Å². The highest BCUT2D eigenvalue weighted by atomic mass is 32.2. The fourth-order valence-corrected chi connectivity index (χ4v) is 5.90. The van der Waals surface area contributed by atoms with Crippen LogP contribution in [0.4, 0.5) is 5.95 Å². The summed E-state index contributed by atoms with van der Waals surface area (Å²) in [5, 5.41) is 0. The zero-order valence-electron chi connectivity index (χ0n) is 23.3. The summed E-state index contributed by atoms with van der Waals surface area (Å²) in [6.07, 6.45) is 2.69. The molecule has 1 amide bonds. The van der Waals surface area contributed by atoms with Gasteiger partial charge in [-0.25, -0.2) is 23.1 Å². The van der Waals surface area contributed by atoms with E-state index in [0.717, 1.165) is 29.7 Å². The number of hydrogen-bond donors (Lipinski definition) is 1. The molecule has 1 aliphatic rings. The number of carbonyl (C=O) groups excluding carboxylic acids is 1. The molecule has 0 saturated heterocycles. The second kappa shape index (κ2) is 10.8. The highest BCUT2D eigenvalue weighted by molar-refractivity contribution is 7.90. The maximum atomic E-state index is 13.4. The Morgan fingerprint density at radius 2 is 1.70 bits per heavy atom. The van der Waals surface area contributed by atoms with Crippen LogP contribution in [0, 0.1) is 6.92 Å². The van der Waals surface area contributed by atoms with Crippen molar-refractivity contribution in [3.8, 4) is 0 Å². The molecule has 0 bridgehead atoms. The van der Waals surface area contributed by atoms with E-state index in [0.29, 0.717) is 24.6 Å². The summed E-state index contributed by atoms with van der Waals surface area (Å²) in [5.74, 6) is -0.229. The van der Waals surface area contributed by atoms with E-state index < -0.39 is 15.9 Å². The number of aromatic nitrogens is 2. The number of fused-ring (bicyclic) bond motifs is 1. The Morgan fingerprint density at radius 1 is 0.975 bits per heavy atom. The lowest BCUT2D eigenvalue weighted by Gasteiger charge is -2.29. The van der Waals surface area contributed by atoms with E-state index in [2.05, 4.69) is 47.5 Å². The SMILES string of the molecule is Cc1cccc(Cc2nc(N3CCc4ccccc4C3)ncc2C(=O)NS(=O)(=O)c2ccc(C(C)(C)C)cc2)c1. The van der Waals surface area contributed by atoms with E-state index in [9.17, 15) is 13.2 Å². The third-order valence-electron chi connectivity index (χ3n) is 7.22. The van der Waals surface area contributed by atoms with Crippen LogP contribution >= 0.6 is 0 Å². The van der Waals surface area contributed by atoms with Gasteiger partial charge in [-0.05, 0) is 53.1 Å². The zero-order chi connectivity index (χ0) is 28.5. The van der Waals surface area contributed by atoms with Gasteiger partial charge in [-0.15, -0.1) is 0 Å². The van der Waals surface area contributed by atoms with Gasteiger partial charge in [0.05, 0.1) is 16.2 Å². The van der Waals surface area contributed by atoms with Crippen molar-refractivity contribution < 1.29 is 13.2 Å². The number of nitrogens with one attached hydrogen (secondary N) is 1. The van der Waals surface area contributed by atoms with Gasteiger partial charge in [-0.1, -0.05) is 87.0 Å². The molecule has 0 atom stereocenters. The fraction of sp³-hybridized carbons (Fsp3) is 0.281. The molecule has 4 aromatic rings. The maximum absolute atomic E-state index is 13.4. The van der Waals surface area contributed by atoms with Crippen molar-refractivity contribution in [3.05, 3.63) is 118 Å². The lowest BCUT2D eigenvalue weighted by Crippen LogP contribution is -2.34. The summed E-state index contributed by atoms with van der Waals surface area (Å²) in [7, 11) is -4.10. The van der Waals surface area contributed by atoms with Gasteiger partial charge in [0.1, 0.15) is 0 Å². The molecule has 40 heavy (non-hydrogen) atoms. The molecule has 5 rings (SSSR count). The minimum Gasteiger partial charge on any atom is -0.336 e. The maximum Gasteiger partial charge on any atom is 0.268 e. The van der Waals surface area contributed by atoms with Gasteiger partial charge < -0.3 is 4.90 Å². The predicted molar refractivity (Wildman–Crippen MR) is 157 cm³/mol. The van der Waals surface area contributed by atoms with Crippen molar-refractivity contribution >= 4 is 21.9 Å². The van der Waals surface area contributed by atoms with Crippen LogP contribution in [0.1, 0.15) is 64.6 Å². The van der Waals surface area contributed by atoms with E-state index in [-0.39, 0.29) is 15.9 Å². The summed E-state index contributed by atoms with van der Waals surface area (Å²) < 4.78 is 28.5. The molecule has 1 N–H and O–H groups in total. The minimum atomic E-state index is -4.10. The summed E-state index contributed by atoms with van der Waals surface area (Å²) >= 11 is 0. The first kappa shape index (κ1) is 27.5. The van der Waals surface area contributed by atoms with Crippen molar-refractivity contribution in [2.45, 2.75) is 57.4 Å². The van der Waals surface area contributed by atoms with Crippen LogP contribution in [0.25, 0.3) is 0 Å². The Balaban J connectivity index is 1.45. The molecule has 0 aliphatic carbocycles. The predicted octanol–water partition coefficient (Wildman–Crippen LogP) is 5.35. The topological polar surface area (TPSA) is 92.3 Å². The van der Waals surface area contributed by atoms with Crippen molar-refractivity contribution in [1.29, 1.82) is 0 Å². The quantitative estimate of drug-likeness (QED) is 0.345. The van der Waals surface area contributed by atoms with Crippen LogP contribution < -0.4 is 9.62 Å². The van der Waals surface area contributed by atoms with E-state index in [4.69, 9.17) is 4.98 Å². The Hall–Kier alpha value is -4.04. The molecule has 3 aromatic carbocycles. The van der Waals surface area contributed by atoms with Crippen LogP contribution in [0.2, 0.25) is 0 Å². The van der Waals surface area contributed by atoms with Gasteiger partial charge in [0.25, 0.3) is 15.9 Å². The van der Waals surface area contributed by atoms with E-state index in [1.165, 1.54) is 29.5 Å². The Morgan fingerprint density at radius 3 is 2.40 bits per heavy atom. The third-order valence-corrected chi connectivity index (χ3v) is 8.57. The number of sulfonamides is 1. The molecule has 8 heteroatoms. The lowest BCUT2D eigenvalue weighted by atomic mass is 9.87. The Bertz CT molecular complexity index is 1660. The first-order chi connectivity index (χ1) is 19.0. The second-order valence-corrected chi connectivity index (χ2v) is 13.0. The molecule has 206 valence electrons. The van der Waals surface area contributed by atoms with Crippen LogP contribution in [0.15, 0.2) is 83.9 Å². The number of hydrogen-bond acceptors (Lipinski definition) is 6. The summed E-state index contributed by atoms with van der Waals surface area (Å²) in [4.78, 5) is 24.9. The number of aryl methyl sites for hydroxylation is 1. The second-order valence-electron chi connectivity index (χ2n) is 11.3. The average Bonchev–Trinajstić information content (AvgIpc) is 2.92. The van der Waals surface area contributed by atoms with Gasteiger partial charge in [-0.3, -0.25) is 4.79 Å². The van der Waals surface area contributed by atoms with E-state index in [1.807, 2.05) is 43.3 Å². The standard InChI is InChI=1S/C32H34N4O3S/c1-22-8-7-9-23(18-22)19-29-28(20-33-31(34-29)36-17-16-24-10-5-6-11-25(24)21-36)30(37)35-40(38,39)27-14-12-26(13-15-27)32(2,3)4/h5-15,18,20H,16-17,19,21H2,1-4H3,(H,35,37). The highest BCUT2D eigenvalue weighted by Crippen LogP contribution is 2.25. The number of amides is 1. The molecule has 2 heterocycles. The normalized spacial score (nSPS) is 13.6. The Kier molecular flexibility index (Phi) is 7.47. The third kappa shape index (κ3) is 6.07. The first-order valence-electron chi connectivity index (χ1n) is 13.4. The Labute approximate surface area is 236 Å². The number of anilines is 1.